The zero-order chi connectivity index (χ0) is 12.8. The topological polar surface area (TPSA) is 28.4 Å². The summed E-state index contributed by atoms with van der Waals surface area (Å²) in [6, 6.07) is 4.98. The lowest BCUT2D eigenvalue weighted by Crippen LogP contribution is -2.23. The van der Waals surface area contributed by atoms with Gasteiger partial charge < -0.3 is 9.73 Å². The van der Waals surface area contributed by atoms with E-state index in [2.05, 4.69) is 36.2 Å². The van der Waals surface area contributed by atoms with Gasteiger partial charge in [-0.3, -0.25) is 4.90 Å². The minimum Gasteiger partial charge on any atom is -0.463 e. The summed E-state index contributed by atoms with van der Waals surface area (Å²) in [6.45, 7) is 8.54. The highest BCUT2D eigenvalue weighted by Crippen LogP contribution is 2.20. The third-order valence-electron chi connectivity index (χ3n) is 3.51. The van der Waals surface area contributed by atoms with Gasteiger partial charge in [-0.15, -0.1) is 0 Å². The standard InChI is InChI=1S/C15H26N2O/c1-3-5-10-17(4-2)12-15-9-8-14(18-15)11-16-13-6-7-13/h8-9,13,16H,3-7,10-12H2,1-2H3. The molecule has 3 heteroatoms. The maximum atomic E-state index is 5.87. The number of hydrogen-bond acceptors (Lipinski definition) is 3. The fraction of sp³-hybridized carbons (Fsp3) is 0.733. The molecule has 0 aliphatic heterocycles. The lowest BCUT2D eigenvalue weighted by molar-refractivity contribution is 0.249. The first-order chi connectivity index (χ1) is 8.81. The lowest BCUT2D eigenvalue weighted by atomic mass is 10.3. The number of nitrogens with zero attached hydrogens (tertiary/aromatic N) is 1. The van der Waals surface area contributed by atoms with Gasteiger partial charge in [0.25, 0.3) is 0 Å². The van der Waals surface area contributed by atoms with Crippen molar-refractivity contribution in [2.45, 2.75) is 58.7 Å². The Balaban J connectivity index is 1.76. The second-order valence-corrected chi connectivity index (χ2v) is 5.25. The molecule has 1 fully saturated rings. The highest BCUT2D eigenvalue weighted by atomic mass is 16.3. The van der Waals surface area contributed by atoms with E-state index in [-0.39, 0.29) is 0 Å². The fourth-order valence-corrected chi connectivity index (χ4v) is 2.09. The SMILES string of the molecule is CCCCN(CC)Cc1ccc(CNC2CC2)o1. The molecular weight excluding hydrogens is 224 g/mol. The van der Waals surface area contributed by atoms with Crippen LogP contribution in [0.25, 0.3) is 0 Å². The summed E-state index contributed by atoms with van der Waals surface area (Å²) < 4.78 is 5.87. The zero-order valence-electron chi connectivity index (χ0n) is 11.7. The molecule has 2 rings (SSSR count). The summed E-state index contributed by atoms with van der Waals surface area (Å²) in [7, 11) is 0. The number of nitrogens with one attached hydrogen (secondary N) is 1. The molecule has 1 N–H and O–H groups in total. The van der Waals surface area contributed by atoms with E-state index >= 15 is 0 Å². The third kappa shape index (κ3) is 4.46. The van der Waals surface area contributed by atoms with Gasteiger partial charge in [-0.05, 0) is 44.5 Å². The van der Waals surface area contributed by atoms with Crippen molar-refractivity contribution in [3.05, 3.63) is 23.7 Å². The molecule has 1 heterocycles. The minimum absolute atomic E-state index is 0.746. The van der Waals surface area contributed by atoms with Crippen LogP contribution in [0.5, 0.6) is 0 Å². The molecule has 0 atom stereocenters. The highest BCUT2D eigenvalue weighted by molar-refractivity contribution is 5.07. The summed E-state index contributed by atoms with van der Waals surface area (Å²) in [4.78, 5) is 2.44. The Morgan fingerprint density at radius 3 is 2.72 bits per heavy atom. The van der Waals surface area contributed by atoms with Gasteiger partial charge in [0.05, 0.1) is 13.1 Å². The van der Waals surface area contributed by atoms with Gasteiger partial charge in [0.2, 0.25) is 0 Å². The maximum Gasteiger partial charge on any atom is 0.118 e. The smallest absolute Gasteiger partial charge is 0.118 e. The third-order valence-corrected chi connectivity index (χ3v) is 3.51. The quantitative estimate of drug-likeness (QED) is 0.730. The van der Waals surface area contributed by atoms with Crippen molar-refractivity contribution in [2.75, 3.05) is 13.1 Å². The van der Waals surface area contributed by atoms with Crippen LogP contribution in [0.1, 0.15) is 51.1 Å². The fourth-order valence-electron chi connectivity index (χ4n) is 2.09. The van der Waals surface area contributed by atoms with Gasteiger partial charge in [-0.25, -0.2) is 0 Å². The lowest BCUT2D eigenvalue weighted by Gasteiger charge is -2.18. The van der Waals surface area contributed by atoms with Crippen LogP contribution >= 0.6 is 0 Å². The van der Waals surface area contributed by atoms with Crippen molar-refractivity contribution in [1.82, 2.24) is 10.2 Å². The second-order valence-electron chi connectivity index (χ2n) is 5.25. The molecule has 1 aliphatic rings. The summed E-state index contributed by atoms with van der Waals surface area (Å²) in [6.07, 6.45) is 5.18. The van der Waals surface area contributed by atoms with Crippen molar-refractivity contribution in [3.8, 4) is 0 Å². The number of hydrogen-bond donors (Lipinski definition) is 1. The normalized spacial score (nSPS) is 15.5. The van der Waals surface area contributed by atoms with Crippen LogP contribution in [0.2, 0.25) is 0 Å². The molecule has 0 radical (unpaired) electrons. The van der Waals surface area contributed by atoms with Crippen LogP contribution in [-0.2, 0) is 13.1 Å². The molecule has 18 heavy (non-hydrogen) atoms. The van der Waals surface area contributed by atoms with E-state index < -0.39 is 0 Å². The van der Waals surface area contributed by atoms with Crippen LogP contribution in [0, 0.1) is 0 Å². The first-order valence-corrected chi connectivity index (χ1v) is 7.35. The average molecular weight is 250 g/mol. The van der Waals surface area contributed by atoms with Gasteiger partial charge in [0.1, 0.15) is 11.5 Å². The van der Waals surface area contributed by atoms with E-state index in [0.29, 0.717) is 0 Å². The van der Waals surface area contributed by atoms with Crippen LogP contribution in [0.15, 0.2) is 16.5 Å². The van der Waals surface area contributed by atoms with Crippen LogP contribution < -0.4 is 5.32 Å². The van der Waals surface area contributed by atoms with Crippen LogP contribution in [0.4, 0.5) is 0 Å². The van der Waals surface area contributed by atoms with E-state index in [0.717, 1.165) is 37.2 Å². The molecule has 0 saturated heterocycles. The first kappa shape index (κ1) is 13.6. The van der Waals surface area contributed by atoms with E-state index in [1.807, 2.05) is 0 Å². The molecule has 0 bridgehead atoms. The Kier molecular flexibility index (Phi) is 5.26. The van der Waals surface area contributed by atoms with E-state index in [4.69, 9.17) is 4.42 Å². The molecule has 3 nitrogen and oxygen atoms in total. The molecule has 1 aromatic rings. The summed E-state index contributed by atoms with van der Waals surface area (Å²) in [5.41, 5.74) is 0. The number of rotatable bonds is 9. The van der Waals surface area contributed by atoms with E-state index in [9.17, 15) is 0 Å². The summed E-state index contributed by atoms with van der Waals surface area (Å²) in [5, 5.41) is 3.48. The molecule has 0 aromatic carbocycles. The zero-order valence-corrected chi connectivity index (χ0v) is 11.7. The molecule has 0 spiro atoms. The van der Waals surface area contributed by atoms with Gasteiger partial charge in [0, 0.05) is 6.04 Å². The second kappa shape index (κ2) is 6.95. The van der Waals surface area contributed by atoms with Gasteiger partial charge in [-0.1, -0.05) is 20.3 Å². The highest BCUT2D eigenvalue weighted by Gasteiger charge is 2.20. The monoisotopic (exact) mass is 250 g/mol. The Bertz CT molecular complexity index is 344. The molecule has 0 unspecified atom stereocenters. The van der Waals surface area contributed by atoms with E-state index in [1.54, 1.807) is 0 Å². The van der Waals surface area contributed by atoms with E-state index in [1.165, 1.54) is 32.2 Å². The van der Waals surface area contributed by atoms with Gasteiger partial charge >= 0.3 is 0 Å². The van der Waals surface area contributed by atoms with Gasteiger partial charge in [0.15, 0.2) is 0 Å². The van der Waals surface area contributed by atoms with Crippen molar-refractivity contribution >= 4 is 0 Å². The predicted octanol–water partition coefficient (Wildman–Crippen LogP) is 3.15. The number of unbranched alkanes of at least 4 members (excludes halogenated alkanes) is 1. The first-order valence-electron chi connectivity index (χ1n) is 7.35. The molecule has 0 amide bonds. The van der Waals surface area contributed by atoms with Crippen molar-refractivity contribution in [3.63, 3.8) is 0 Å². The Morgan fingerprint density at radius 1 is 1.28 bits per heavy atom. The van der Waals surface area contributed by atoms with Crippen LogP contribution in [-0.4, -0.2) is 24.0 Å². The predicted molar refractivity (Wildman–Crippen MR) is 74.4 cm³/mol. The molecule has 1 saturated carbocycles. The largest absolute Gasteiger partial charge is 0.463 e. The average Bonchev–Trinajstić information content (AvgIpc) is 3.12. The van der Waals surface area contributed by atoms with Crippen molar-refractivity contribution in [2.24, 2.45) is 0 Å². The van der Waals surface area contributed by atoms with Crippen molar-refractivity contribution < 1.29 is 4.42 Å². The molecular formula is C15H26N2O. The van der Waals surface area contributed by atoms with Gasteiger partial charge in [-0.2, -0.15) is 0 Å². The summed E-state index contributed by atoms with van der Waals surface area (Å²) in [5.74, 6) is 2.17. The Labute approximate surface area is 111 Å². The van der Waals surface area contributed by atoms with Crippen LogP contribution in [0.3, 0.4) is 0 Å². The molecule has 102 valence electrons. The Morgan fingerprint density at radius 2 is 2.06 bits per heavy atom. The number of furan rings is 1. The molecule has 1 aliphatic carbocycles. The minimum atomic E-state index is 0.746. The maximum absolute atomic E-state index is 5.87. The summed E-state index contributed by atoms with van der Waals surface area (Å²) >= 11 is 0. The molecule has 1 aromatic heterocycles. The Hall–Kier alpha value is -0.800. The van der Waals surface area contributed by atoms with Crippen molar-refractivity contribution in [1.29, 1.82) is 0 Å².